The fraction of sp³-hybridized carbons (Fsp3) is 0.250. The molecule has 1 heterocycles. The summed E-state index contributed by atoms with van der Waals surface area (Å²) in [5, 5.41) is 14.0. The number of aliphatic hydroxyl groups excluding tert-OH is 1. The number of hydrogen-bond acceptors (Lipinski definition) is 4. The Kier molecular flexibility index (Phi) is 3.58. The monoisotopic (exact) mass is 287 g/mol. The Morgan fingerprint density at radius 1 is 1.40 bits per heavy atom. The minimum Gasteiger partial charge on any atom is -0.406 e. The maximum atomic E-state index is 12.1. The van der Waals surface area contributed by atoms with Gasteiger partial charge >= 0.3 is 6.36 Å². The van der Waals surface area contributed by atoms with E-state index in [9.17, 15) is 18.3 Å². The van der Waals surface area contributed by atoms with Crippen molar-refractivity contribution in [3.05, 3.63) is 41.6 Å². The van der Waals surface area contributed by atoms with Crippen LogP contribution in [0.25, 0.3) is 0 Å². The van der Waals surface area contributed by atoms with Gasteiger partial charge in [-0.2, -0.15) is 5.10 Å². The summed E-state index contributed by atoms with van der Waals surface area (Å²) in [6, 6.07) is 5.08. The molecule has 1 atom stereocenters. The van der Waals surface area contributed by atoms with Crippen molar-refractivity contribution in [2.75, 3.05) is 5.73 Å². The van der Waals surface area contributed by atoms with Crippen LogP contribution in [0, 0.1) is 0 Å². The summed E-state index contributed by atoms with van der Waals surface area (Å²) in [7, 11) is 1.59. The van der Waals surface area contributed by atoms with E-state index in [-0.39, 0.29) is 11.4 Å². The van der Waals surface area contributed by atoms with E-state index in [4.69, 9.17) is 5.73 Å². The molecule has 5 nitrogen and oxygen atoms in total. The number of aliphatic hydroxyl groups is 1. The molecule has 3 N–H and O–H groups in total. The first kappa shape index (κ1) is 14.2. The van der Waals surface area contributed by atoms with Crippen LogP contribution in [-0.2, 0) is 7.05 Å². The molecule has 0 spiro atoms. The molecular formula is C12H12F3N3O2. The van der Waals surface area contributed by atoms with Crippen LogP contribution >= 0.6 is 0 Å². The van der Waals surface area contributed by atoms with Crippen molar-refractivity contribution >= 4 is 5.82 Å². The van der Waals surface area contributed by atoms with Gasteiger partial charge in [0.2, 0.25) is 0 Å². The van der Waals surface area contributed by atoms with E-state index in [2.05, 4.69) is 9.84 Å². The first-order chi connectivity index (χ1) is 9.28. The number of halogens is 3. The van der Waals surface area contributed by atoms with Gasteiger partial charge in [0, 0.05) is 12.6 Å². The van der Waals surface area contributed by atoms with E-state index in [1.165, 1.54) is 23.0 Å². The molecule has 1 aromatic carbocycles. The third-order valence-electron chi connectivity index (χ3n) is 2.72. The van der Waals surface area contributed by atoms with E-state index >= 15 is 0 Å². The molecule has 0 fully saturated rings. The van der Waals surface area contributed by atoms with Crippen LogP contribution < -0.4 is 10.5 Å². The van der Waals surface area contributed by atoms with Gasteiger partial charge in [0.05, 0.1) is 6.20 Å². The predicted molar refractivity (Wildman–Crippen MR) is 64.8 cm³/mol. The Labute approximate surface area is 112 Å². The third kappa shape index (κ3) is 3.02. The smallest absolute Gasteiger partial charge is 0.406 e. The van der Waals surface area contributed by atoms with Crippen molar-refractivity contribution in [3.63, 3.8) is 0 Å². The summed E-state index contributed by atoms with van der Waals surface area (Å²) >= 11 is 0. The minimum absolute atomic E-state index is 0.228. The second-order valence-corrected chi connectivity index (χ2v) is 4.13. The number of benzene rings is 1. The van der Waals surface area contributed by atoms with Crippen molar-refractivity contribution in [2.24, 2.45) is 7.05 Å². The van der Waals surface area contributed by atoms with Crippen molar-refractivity contribution in [1.29, 1.82) is 0 Å². The second kappa shape index (κ2) is 5.04. The van der Waals surface area contributed by atoms with Crippen LogP contribution in [0.2, 0.25) is 0 Å². The molecule has 0 aliphatic carbocycles. The molecule has 0 radical (unpaired) electrons. The third-order valence-corrected chi connectivity index (χ3v) is 2.72. The van der Waals surface area contributed by atoms with Crippen LogP contribution in [-0.4, -0.2) is 21.2 Å². The zero-order valence-electron chi connectivity index (χ0n) is 10.4. The quantitative estimate of drug-likeness (QED) is 0.905. The lowest BCUT2D eigenvalue weighted by atomic mass is 10.0. The summed E-state index contributed by atoms with van der Waals surface area (Å²) in [4.78, 5) is 0. The number of alkyl halides is 3. The van der Waals surface area contributed by atoms with Gasteiger partial charge in [0.25, 0.3) is 0 Å². The van der Waals surface area contributed by atoms with Crippen molar-refractivity contribution in [2.45, 2.75) is 12.5 Å². The molecule has 0 saturated heterocycles. The lowest BCUT2D eigenvalue weighted by Crippen LogP contribution is -2.17. The Hall–Kier alpha value is -2.22. The van der Waals surface area contributed by atoms with Gasteiger partial charge < -0.3 is 15.6 Å². The minimum atomic E-state index is -4.78. The van der Waals surface area contributed by atoms with Crippen LogP contribution in [0.3, 0.4) is 0 Å². The Balaban J connectivity index is 2.29. The molecule has 20 heavy (non-hydrogen) atoms. The topological polar surface area (TPSA) is 73.3 Å². The van der Waals surface area contributed by atoms with Gasteiger partial charge in [0.1, 0.15) is 17.7 Å². The number of anilines is 1. The zero-order chi connectivity index (χ0) is 14.9. The molecule has 1 unspecified atom stereocenters. The van der Waals surface area contributed by atoms with E-state index in [1.54, 1.807) is 7.05 Å². The van der Waals surface area contributed by atoms with Crippen LogP contribution in [0.1, 0.15) is 17.2 Å². The summed E-state index contributed by atoms with van der Waals surface area (Å²) in [6.45, 7) is 0. The lowest BCUT2D eigenvalue weighted by molar-refractivity contribution is -0.274. The van der Waals surface area contributed by atoms with Crippen molar-refractivity contribution in [3.8, 4) is 5.75 Å². The fourth-order valence-electron chi connectivity index (χ4n) is 1.74. The molecule has 0 saturated carbocycles. The number of rotatable bonds is 3. The molecule has 108 valence electrons. The van der Waals surface area contributed by atoms with E-state index in [0.717, 1.165) is 12.1 Å². The predicted octanol–water partition coefficient (Wildman–Crippen LogP) is 1.98. The maximum Gasteiger partial charge on any atom is 0.573 e. The highest BCUT2D eigenvalue weighted by Gasteiger charge is 2.31. The largest absolute Gasteiger partial charge is 0.573 e. The van der Waals surface area contributed by atoms with Gasteiger partial charge in [0.15, 0.2) is 0 Å². The van der Waals surface area contributed by atoms with Gasteiger partial charge in [-0.15, -0.1) is 13.2 Å². The highest BCUT2D eigenvalue weighted by Crippen LogP contribution is 2.30. The summed E-state index contributed by atoms with van der Waals surface area (Å²) in [5.41, 5.74) is 6.25. The summed E-state index contributed by atoms with van der Waals surface area (Å²) < 4.78 is 41.6. The maximum absolute atomic E-state index is 12.1. The van der Waals surface area contributed by atoms with Crippen molar-refractivity contribution < 1.29 is 23.0 Å². The first-order valence-corrected chi connectivity index (χ1v) is 5.59. The number of aromatic nitrogens is 2. The Bertz CT molecular complexity index is 610. The number of aryl methyl sites for hydroxylation is 1. The van der Waals surface area contributed by atoms with Gasteiger partial charge in [-0.3, -0.25) is 4.68 Å². The number of nitrogens with zero attached hydrogens (tertiary/aromatic N) is 2. The highest BCUT2D eigenvalue weighted by molar-refractivity contribution is 5.45. The normalized spacial score (nSPS) is 13.2. The average molecular weight is 287 g/mol. The van der Waals surface area contributed by atoms with Gasteiger partial charge in [-0.1, -0.05) is 12.1 Å². The SMILES string of the molecule is Cn1ncc(C(O)c2cccc(OC(F)(F)F)c2)c1N. The summed E-state index contributed by atoms with van der Waals surface area (Å²) in [5.74, 6) is -0.170. The first-order valence-electron chi connectivity index (χ1n) is 5.59. The van der Waals surface area contributed by atoms with Crippen molar-refractivity contribution in [1.82, 2.24) is 9.78 Å². The van der Waals surface area contributed by atoms with E-state index in [0.29, 0.717) is 5.56 Å². The lowest BCUT2D eigenvalue weighted by Gasteiger charge is -2.13. The summed E-state index contributed by atoms with van der Waals surface area (Å²) in [6.07, 6.45) is -4.60. The highest BCUT2D eigenvalue weighted by atomic mass is 19.4. The molecule has 1 aromatic heterocycles. The zero-order valence-corrected chi connectivity index (χ0v) is 10.4. The Morgan fingerprint density at radius 2 is 2.10 bits per heavy atom. The van der Waals surface area contributed by atoms with Gasteiger partial charge in [-0.25, -0.2) is 0 Å². The number of ether oxygens (including phenoxy) is 1. The van der Waals surface area contributed by atoms with Crippen LogP contribution in [0.5, 0.6) is 5.75 Å². The number of hydrogen-bond donors (Lipinski definition) is 2. The molecule has 0 aliphatic heterocycles. The van der Waals surface area contributed by atoms with Crippen LogP contribution in [0.4, 0.5) is 19.0 Å². The van der Waals surface area contributed by atoms with Crippen LogP contribution in [0.15, 0.2) is 30.5 Å². The standard InChI is InChI=1S/C12H12F3N3O2/c1-18-11(16)9(6-17-18)10(19)7-3-2-4-8(5-7)20-12(13,14)15/h2-6,10,19H,16H2,1H3. The Morgan fingerprint density at radius 3 is 2.65 bits per heavy atom. The molecule has 0 amide bonds. The molecule has 2 rings (SSSR count). The molecule has 0 aliphatic rings. The molecule has 2 aromatic rings. The second-order valence-electron chi connectivity index (χ2n) is 4.13. The number of nitrogens with two attached hydrogens (primary N) is 1. The molecule has 8 heteroatoms. The average Bonchev–Trinajstić information content (AvgIpc) is 2.67. The van der Waals surface area contributed by atoms with E-state index in [1.807, 2.05) is 0 Å². The fourth-order valence-corrected chi connectivity index (χ4v) is 1.74. The van der Waals surface area contributed by atoms with E-state index < -0.39 is 18.2 Å². The van der Waals surface area contributed by atoms with Gasteiger partial charge in [-0.05, 0) is 17.7 Å². The number of nitrogen functional groups attached to an aromatic ring is 1. The molecular weight excluding hydrogens is 275 g/mol. The molecule has 0 bridgehead atoms.